The van der Waals surface area contributed by atoms with Crippen LogP contribution in [0.15, 0.2) is 43.7 Å². The molecule has 13 heavy (non-hydrogen) atoms. The van der Waals surface area contributed by atoms with Gasteiger partial charge in [0.1, 0.15) is 0 Å². The van der Waals surface area contributed by atoms with Gasteiger partial charge in [0.2, 0.25) is 0 Å². The standard InChI is InChI=1S/C10H5Br3/c11-7-3-1-6-2-4-9(12)10(13)8(6)5-7/h1-5H. The Labute approximate surface area is 102 Å². The van der Waals surface area contributed by atoms with E-state index in [0.717, 1.165) is 13.4 Å². The van der Waals surface area contributed by atoms with Gasteiger partial charge in [-0.3, -0.25) is 0 Å². The zero-order chi connectivity index (χ0) is 9.42. The highest BCUT2D eigenvalue weighted by molar-refractivity contribution is 9.13. The molecule has 0 nitrogen and oxygen atoms in total. The van der Waals surface area contributed by atoms with Gasteiger partial charge in [0.05, 0.1) is 0 Å². The minimum Gasteiger partial charge on any atom is -0.0532 e. The maximum Gasteiger partial charge on any atom is 0.0396 e. The lowest BCUT2D eigenvalue weighted by Crippen LogP contribution is -1.76. The molecule has 0 atom stereocenters. The zero-order valence-electron chi connectivity index (χ0n) is 6.52. The highest BCUT2D eigenvalue weighted by Crippen LogP contribution is 2.32. The molecule has 0 aromatic heterocycles. The van der Waals surface area contributed by atoms with Crippen LogP contribution in [-0.4, -0.2) is 0 Å². The van der Waals surface area contributed by atoms with Gasteiger partial charge in [-0.2, -0.15) is 0 Å². The molecule has 0 bridgehead atoms. The molecule has 2 aromatic carbocycles. The van der Waals surface area contributed by atoms with E-state index in [4.69, 9.17) is 0 Å². The summed E-state index contributed by atoms with van der Waals surface area (Å²) in [6, 6.07) is 10.4. The third-order valence-corrected chi connectivity index (χ3v) is 4.41. The van der Waals surface area contributed by atoms with E-state index in [1.165, 1.54) is 10.8 Å². The van der Waals surface area contributed by atoms with Gasteiger partial charge in [-0.05, 0) is 60.8 Å². The predicted octanol–water partition coefficient (Wildman–Crippen LogP) is 5.13. The summed E-state index contributed by atoms with van der Waals surface area (Å²) in [5.74, 6) is 0. The fraction of sp³-hybridized carbons (Fsp3) is 0. The Bertz CT molecular complexity index is 458. The van der Waals surface area contributed by atoms with E-state index in [1.54, 1.807) is 0 Å². The summed E-state index contributed by atoms with van der Waals surface area (Å²) in [4.78, 5) is 0. The molecule has 0 amide bonds. The van der Waals surface area contributed by atoms with Gasteiger partial charge in [-0.25, -0.2) is 0 Å². The highest BCUT2D eigenvalue weighted by Gasteiger charge is 2.02. The first-order valence-electron chi connectivity index (χ1n) is 3.72. The molecular formula is C10H5Br3. The second-order valence-corrected chi connectivity index (χ2v) is 5.29. The largest absolute Gasteiger partial charge is 0.0532 e. The number of hydrogen-bond donors (Lipinski definition) is 0. The molecule has 2 rings (SSSR count). The Morgan fingerprint density at radius 3 is 2.31 bits per heavy atom. The Morgan fingerprint density at radius 1 is 0.846 bits per heavy atom. The molecule has 0 aliphatic rings. The SMILES string of the molecule is Brc1ccc2ccc(Br)c(Br)c2c1. The molecule has 0 aliphatic carbocycles. The Morgan fingerprint density at radius 2 is 1.54 bits per heavy atom. The van der Waals surface area contributed by atoms with Crippen molar-refractivity contribution in [3.63, 3.8) is 0 Å². The van der Waals surface area contributed by atoms with Crippen LogP contribution in [0.25, 0.3) is 10.8 Å². The highest BCUT2D eigenvalue weighted by atomic mass is 79.9. The van der Waals surface area contributed by atoms with E-state index in [-0.39, 0.29) is 0 Å². The van der Waals surface area contributed by atoms with Crippen LogP contribution in [0.4, 0.5) is 0 Å². The van der Waals surface area contributed by atoms with Gasteiger partial charge in [0, 0.05) is 13.4 Å². The van der Waals surface area contributed by atoms with Gasteiger partial charge < -0.3 is 0 Å². The summed E-state index contributed by atoms with van der Waals surface area (Å²) in [6.45, 7) is 0. The molecule has 0 saturated heterocycles. The molecule has 0 unspecified atom stereocenters. The molecule has 3 heteroatoms. The third-order valence-electron chi connectivity index (χ3n) is 1.87. The van der Waals surface area contributed by atoms with Crippen molar-refractivity contribution in [1.82, 2.24) is 0 Å². The van der Waals surface area contributed by atoms with E-state index in [1.807, 2.05) is 12.1 Å². The van der Waals surface area contributed by atoms with Crippen molar-refractivity contribution in [2.24, 2.45) is 0 Å². The van der Waals surface area contributed by atoms with Crippen molar-refractivity contribution in [3.05, 3.63) is 43.7 Å². The van der Waals surface area contributed by atoms with Gasteiger partial charge in [0.15, 0.2) is 0 Å². The van der Waals surface area contributed by atoms with E-state index >= 15 is 0 Å². The molecule has 66 valence electrons. The molecule has 0 saturated carbocycles. The summed E-state index contributed by atoms with van der Waals surface area (Å²) in [5.41, 5.74) is 0. The normalized spacial score (nSPS) is 10.7. The smallest absolute Gasteiger partial charge is 0.0396 e. The lowest BCUT2D eigenvalue weighted by atomic mass is 10.1. The fourth-order valence-electron chi connectivity index (χ4n) is 1.23. The molecule has 0 aliphatic heterocycles. The number of benzene rings is 2. The van der Waals surface area contributed by atoms with Gasteiger partial charge in [0.25, 0.3) is 0 Å². The van der Waals surface area contributed by atoms with Crippen molar-refractivity contribution < 1.29 is 0 Å². The van der Waals surface area contributed by atoms with Crippen molar-refractivity contribution >= 4 is 58.6 Å². The molecule has 0 spiro atoms. The van der Waals surface area contributed by atoms with E-state index in [0.29, 0.717) is 0 Å². The average Bonchev–Trinajstić information content (AvgIpc) is 2.12. The van der Waals surface area contributed by atoms with Crippen LogP contribution in [0.5, 0.6) is 0 Å². The van der Waals surface area contributed by atoms with Crippen molar-refractivity contribution in [2.45, 2.75) is 0 Å². The first-order chi connectivity index (χ1) is 6.18. The minimum absolute atomic E-state index is 1.08. The van der Waals surface area contributed by atoms with Crippen LogP contribution in [0, 0.1) is 0 Å². The Hall–Kier alpha value is 0.140. The maximum atomic E-state index is 3.55. The Balaban J connectivity index is 2.89. The summed E-state index contributed by atoms with van der Waals surface area (Å²) in [6.07, 6.45) is 0. The van der Waals surface area contributed by atoms with E-state index in [9.17, 15) is 0 Å². The quantitative estimate of drug-likeness (QED) is 0.608. The number of halogens is 3. The number of rotatable bonds is 0. The first kappa shape index (κ1) is 9.69. The number of hydrogen-bond acceptors (Lipinski definition) is 0. The second-order valence-electron chi connectivity index (χ2n) is 2.73. The molecule has 0 heterocycles. The molecule has 0 fully saturated rings. The summed E-state index contributed by atoms with van der Waals surface area (Å²) >= 11 is 10.5. The molecule has 2 aromatic rings. The summed E-state index contributed by atoms with van der Waals surface area (Å²) in [7, 11) is 0. The van der Waals surface area contributed by atoms with Gasteiger partial charge in [-0.1, -0.05) is 28.1 Å². The monoisotopic (exact) mass is 362 g/mol. The molecule has 0 radical (unpaired) electrons. The average molecular weight is 365 g/mol. The lowest BCUT2D eigenvalue weighted by molar-refractivity contribution is 1.63. The first-order valence-corrected chi connectivity index (χ1v) is 6.09. The third kappa shape index (κ3) is 1.83. The molecule has 0 N–H and O–H groups in total. The van der Waals surface area contributed by atoms with Crippen LogP contribution in [0.3, 0.4) is 0 Å². The predicted molar refractivity (Wildman–Crippen MR) is 67.0 cm³/mol. The van der Waals surface area contributed by atoms with E-state index in [2.05, 4.69) is 66.0 Å². The van der Waals surface area contributed by atoms with Crippen LogP contribution in [-0.2, 0) is 0 Å². The maximum absolute atomic E-state index is 3.55. The van der Waals surface area contributed by atoms with Gasteiger partial charge in [-0.15, -0.1) is 0 Å². The molecular weight excluding hydrogens is 360 g/mol. The fourth-order valence-corrected chi connectivity index (χ4v) is 2.41. The van der Waals surface area contributed by atoms with E-state index < -0.39 is 0 Å². The number of fused-ring (bicyclic) bond motifs is 1. The topological polar surface area (TPSA) is 0 Å². The lowest BCUT2D eigenvalue weighted by Gasteiger charge is -2.03. The van der Waals surface area contributed by atoms with Crippen molar-refractivity contribution in [1.29, 1.82) is 0 Å². The minimum atomic E-state index is 1.08. The van der Waals surface area contributed by atoms with Gasteiger partial charge >= 0.3 is 0 Å². The zero-order valence-corrected chi connectivity index (χ0v) is 11.3. The van der Waals surface area contributed by atoms with Crippen molar-refractivity contribution in [3.8, 4) is 0 Å². The summed E-state index contributed by atoms with van der Waals surface area (Å²) < 4.78 is 3.28. The van der Waals surface area contributed by atoms with Crippen LogP contribution >= 0.6 is 47.8 Å². The van der Waals surface area contributed by atoms with Crippen LogP contribution in [0.1, 0.15) is 0 Å². The second kappa shape index (κ2) is 3.71. The van der Waals surface area contributed by atoms with Crippen LogP contribution in [0.2, 0.25) is 0 Å². The van der Waals surface area contributed by atoms with Crippen LogP contribution < -0.4 is 0 Å². The van der Waals surface area contributed by atoms with Crippen molar-refractivity contribution in [2.75, 3.05) is 0 Å². The summed E-state index contributed by atoms with van der Waals surface area (Å²) in [5, 5.41) is 2.45. The Kier molecular flexibility index (Phi) is 2.77.